The van der Waals surface area contributed by atoms with E-state index in [4.69, 9.17) is 0 Å². The SMILES string of the molecule is Cl.Cl.O=C(O)CC(c1ccccc1)N1CCC(N2CCN(c3ccc4c(c3)CCNCC4)C2=O)CC1. The molecule has 3 heterocycles. The van der Waals surface area contributed by atoms with Gasteiger partial charge in [-0.25, -0.2) is 4.79 Å². The van der Waals surface area contributed by atoms with E-state index in [1.165, 1.54) is 11.1 Å². The molecule has 2 aromatic carbocycles. The molecule has 3 aliphatic rings. The normalized spacial score (nSPS) is 19.6. The third kappa shape index (κ3) is 6.14. The maximum Gasteiger partial charge on any atom is 0.324 e. The predicted molar refractivity (Wildman–Crippen MR) is 147 cm³/mol. The molecule has 1 unspecified atom stereocenters. The van der Waals surface area contributed by atoms with E-state index in [2.05, 4.69) is 28.4 Å². The molecule has 2 amide bonds. The van der Waals surface area contributed by atoms with Gasteiger partial charge in [0.2, 0.25) is 0 Å². The Balaban J connectivity index is 0.00000180. The number of nitrogens with zero attached hydrogens (tertiary/aromatic N) is 3. The molecule has 0 bridgehead atoms. The number of hydrogen-bond acceptors (Lipinski definition) is 4. The van der Waals surface area contributed by atoms with Crippen molar-refractivity contribution in [1.82, 2.24) is 15.1 Å². The Hall–Kier alpha value is -2.32. The van der Waals surface area contributed by atoms with Gasteiger partial charge in [0, 0.05) is 44.0 Å². The van der Waals surface area contributed by atoms with Crippen LogP contribution in [0.4, 0.5) is 10.5 Å². The lowest BCUT2D eigenvalue weighted by atomic mass is 9.96. The lowest BCUT2D eigenvalue weighted by molar-refractivity contribution is -0.138. The molecule has 196 valence electrons. The first-order chi connectivity index (χ1) is 16.6. The lowest BCUT2D eigenvalue weighted by Gasteiger charge is -2.40. The van der Waals surface area contributed by atoms with Crippen molar-refractivity contribution in [3.63, 3.8) is 0 Å². The van der Waals surface area contributed by atoms with E-state index < -0.39 is 5.97 Å². The smallest absolute Gasteiger partial charge is 0.324 e. The van der Waals surface area contributed by atoms with Crippen LogP contribution in [0.1, 0.15) is 42.0 Å². The minimum Gasteiger partial charge on any atom is -0.481 e. The summed E-state index contributed by atoms with van der Waals surface area (Å²) in [6.45, 7) is 5.07. The van der Waals surface area contributed by atoms with Gasteiger partial charge in [0.1, 0.15) is 0 Å². The zero-order valence-corrected chi connectivity index (χ0v) is 22.1. The predicted octanol–water partition coefficient (Wildman–Crippen LogP) is 4.14. The van der Waals surface area contributed by atoms with Crippen molar-refractivity contribution in [3.05, 3.63) is 65.2 Å². The summed E-state index contributed by atoms with van der Waals surface area (Å²) < 4.78 is 0. The zero-order chi connectivity index (χ0) is 23.5. The summed E-state index contributed by atoms with van der Waals surface area (Å²) in [6, 6.07) is 16.6. The number of nitrogens with one attached hydrogen (secondary N) is 1. The van der Waals surface area contributed by atoms with Gasteiger partial charge in [0.15, 0.2) is 0 Å². The molecule has 5 rings (SSSR count). The Kier molecular flexibility index (Phi) is 10.0. The van der Waals surface area contributed by atoms with Gasteiger partial charge in [0.25, 0.3) is 0 Å². The maximum absolute atomic E-state index is 13.4. The third-order valence-corrected chi connectivity index (χ3v) is 7.62. The van der Waals surface area contributed by atoms with Crippen molar-refractivity contribution in [2.45, 2.75) is 44.2 Å². The fourth-order valence-corrected chi connectivity index (χ4v) is 5.77. The monoisotopic (exact) mass is 534 g/mol. The van der Waals surface area contributed by atoms with Crippen LogP contribution in [-0.4, -0.2) is 72.2 Å². The molecule has 0 aromatic heterocycles. The Morgan fingerprint density at radius 3 is 2.33 bits per heavy atom. The van der Waals surface area contributed by atoms with E-state index in [1.54, 1.807) is 0 Å². The van der Waals surface area contributed by atoms with Crippen LogP contribution in [-0.2, 0) is 17.6 Å². The van der Waals surface area contributed by atoms with E-state index >= 15 is 0 Å². The number of fused-ring (bicyclic) bond motifs is 1. The molecule has 3 aliphatic heterocycles. The minimum atomic E-state index is -0.780. The first-order valence-corrected chi connectivity index (χ1v) is 12.5. The number of amides is 2. The molecule has 2 fully saturated rings. The molecule has 0 aliphatic carbocycles. The van der Waals surface area contributed by atoms with Gasteiger partial charge in [-0.3, -0.25) is 14.6 Å². The van der Waals surface area contributed by atoms with Gasteiger partial charge in [-0.1, -0.05) is 36.4 Å². The van der Waals surface area contributed by atoms with Crippen LogP contribution in [0.3, 0.4) is 0 Å². The van der Waals surface area contributed by atoms with Crippen molar-refractivity contribution >= 4 is 42.5 Å². The fraction of sp³-hybridized carbons (Fsp3) is 0.481. The number of likely N-dealkylation sites (tertiary alicyclic amines) is 1. The number of carboxylic acid groups (broad SMARTS) is 1. The van der Waals surface area contributed by atoms with Crippen LogP contribution in [0, 0.1) is 0 Å². The Morgan fingerprint density at radius 1 is 0.944 bits per heavy atom. The highest BCUT2D eigenvalue weighted by atomic mass is 35.5. The van der Waals surface area contributed by atoms with Crippen molar-refractivity contribution < 1.29 is 14.7 Å². The molecule has 2 N–H and O–H groups in total. The van der Waals surface area contributed by atoms with Crippen LogP contribution in [0.15, 0.2) is 48.5 Å². The zero-order valence-electron chi connectivity index (χ0n) is 20.5. The number of carbonyl (C=O) groups is 2. The Bertz CT molecular complexity index is 1030. The summed E-state index contributed by atoms with van der Waals surface area (Å²) in [5.74, 6) is -0.780. The number of rotatable bonds is 6. The number of urea groups is 1. The van der Waals surface area contributed by atoms with E-state index in [0.717, 1.165) is 76.2 Å². The topological polar surface area (TPSA) is 76.1 Å². The van der Waals surface area contributed by atoms with Crippen LogP contribution < -0.4 is 10.2 Å². The average molecular weight is 536 g/mol. The molecule has 2 saturated heterocycles. The average Bonchev–Trinajstić information content (AvgIpc) is 3.08. The summed E-state index contributed by atoms with van der Waals surface area (Å²) in [4.78, 5) is 31.2. The van der Waals surface area contributed by atoms with Crippen LogP contribution in [0.5, 0.6) is 0 Å². The number of aliphatic carboxylic acids is 1. The fourth-order valence-electron chi connectivity index (χ4n) is 5.77. The number of piperidine rings is 1. The maximum atomic E-state index is 13.4. The summed E-state index contributed by atoms with van der Waals surface area (Å²) in [5, 5.41) is 12.9. The Labute approximate surface area is 225 Å². The number of carbonyl (C=O) groups excluding carboxylic acids is 1. The molecule has 2 aromatic rings. The van der Waals surface area contributed by atoms with Crippen LogP contribution in [0.2, 0.25) is 0 Å². The minimum absolute atomic E-state index is 0. The number of hydrogen-bond donors (Lipinski definition) is 2. The van der Waals surface area contributed by atoms with Gasteiger partial charge >= 0.3 is 12.0 Å². The van der Waals surface area contributed by atoms with E-state index in [9.17, 15) is 14.7 Å². The largest absolute Gasteiger partial charge is 0.481 e. The molecule has 0 saturated carbocycles. The van der Waals surface area contributed by atoms with Crippen LogP contribution >= 0.6 is 24.8 Å². The second-order valence-electron chi connectivity index (χ2n) is 9.62. The summed E-state index contributed by atoms with van der Waals surface area (Å²) in [7, 11) is 0. The quantitative estimate of drug-likeness (QED) is 0.582. The molecule has 0 spiro atoms. The summed E-state index contributed by atoms with van der Waals surface area (Å²) in [6.07, 6.45) is 3.89. The highest BCUT2D eigenvalue weighted by Gasteiger charge is 2.37. The second kappa shape index (κ2) is 12.8. The molecular weight excluding hydrogens is 499 g/mol. The highest BCUT2D eigenvalue weighted by Crippen LogP contribution is 2.31. The van der Waals surface area contributed by atoms with E-state index in [0.29, 0.717) is 0 Å². The Morgan fingerprint density at radius 2 is 1.64 bits per heavy atom. The third-order valence-electron chi connectivity index (χ3n) is 7.62. The highest BCUT2D eigenvalue weighted by molar-refractivity contribution is 5.94. The lowest BCUT2D eigenvalue weighted by Crippen LogP contribution is -2.47. The van der Waals surface area contributed by atoms with Crippen molar-refractivity contribution in [3.8, 4) is 0 Å². The van der Waals surface area contributed by atoms with Gasteiger partial charge in [-0.15, -0.1) is 24.8 Å². The molecule has 0 radical (unpaired) electrons. The molecule has 7 nitrogen and oxygen atoms in total. The summed E-state index contributed by atoms with van der Waals surface area (Å²) in [5.41, 5.74) is 4.80. The number of anilines is 1. The van der Waals surface area contributed by atoms with Gasteiger partial charge in [0.05, 0.1) is 6.42 Å². The molecule has 36 heavy (non-hydrogen) atoms. The van der Waals surface area contributed by atoms with Gasteiger partial charge < -0.3 is 15.3 Å². The van der Waals surface area contributed by atoms with Gasteiger partial charge in [-0.05, 0) is 67.6 Å². The second-order valence-corrected chi connectivity index (χ2v) is 9.62. The van der Waals surface area contributed by atoms with Crippen molar-refractivity contribution in [1.29, 1.82) is 0 Å². The van der Waals surface area contributed by atoms with E-state index in [-0.39, 0.29) is 49.3 Å². The summed E-state index contributed by atoms with van der Waals surface area (Å²) >= 11 is 0. The number of benzene rings is 2. The first kappa shape index (κ1) is 28.3. The number of carboxylic acids is 1. The first-order valence-electron chi connectivity index (χ1n) is 12.5. The van der Waals surface area contributed by atoms with Gasteiger partial charge in [-0.2, -0.15) is 0 Å². The standard InChI is InChI=1S/C27H34N4O3.2ClH/c32-26(33)19-25(21-4-2-1-3-5-21)29-14-10-23(11-15-29)30-16-17-31(27(30)34)24-7-6-20-8-12-28-13-9-22(20)18-24;;/h1-7,18,23,25,28H,8-17,19H2,(H,32,33);2*1H. The van der Waals surface area contributed by atoms with Crippen LogP contribution in [0.25, 0.3) is 0 Å². The molecule has 9 heteroatoms. The van der Waals surface area contributed by atoms with E-state index in [1.807, 2.05) is 40.1 Å². The molecular formula is C27H36Cl2N4O3. The molecule has 1 atom stereocenters. The van der Waals surface area contributed by atoms with Crippen molar-refractivity contribution in [2.24, 2.45) is 0 Å². The number of halogens is 2. The van der Waals surface area contributed by atoms with Crippen molar-refractivity contribution in [2.75, 3.05) is 44.2 Å².